The number of anilines is 1. The molecule has 0 radical (unpaired) electrons. The van der Waals surface area contributed by atoms with Crippen molar-refractivity contribution >= 4 is 33.8 Å². The van der Waals surface area contributed by atoms with E-state index in [1.807, 2.05) is 24.3 Å². The van der Waals surface area contributed by atoms with Crippen molar-refractivity contribution in [2.24, 2.45) is 0 Å². The first-order valence-electron chi connectivity index (χ1n) is 9.98. The first-order chi connectivity index (χ1) is 16.0. The zero-order valence-corrected chi connectivity index (χ0v) is 18.1. The number of methoxy groups -OCH3 is 1. The molecule has 0 saturated carbocycles. The fourth-order valence-corrected chi connectivity index (χ4v) is 3.67. The number of nitrogens with zero attached hydrogens (tertiary/aromatic N) is 5. The van der Waals surface area contributed by atoms with Gasteiger partial charge in [-0.05, 0) is 35.9 Å². The molecule has 33 heavy (non-hydrogen) atoms. The Kier molecular flexibility index (Phi) is 5.47. The van der Waals surface area contributed by atoms with E-state index in [0.717, 1.165) is 11.3 Å². The van der Waals surface area contributed by atoms with Crippen molar-refractivity contribution in [3.05, 3.63) is 77.3 Å². The Morgan fingerprint density at radius 3 is 2.64 bits per heavy atom. The zero-order valence-electron chi connectivity index (χ0n) is 17.3. The van der Waals surface area contributed by atoms with E-state index in [0.29, 0.717) is 39.8 Å². The minimum absolute atomic E-state index is 0.245. The van der Waals surface area contributed by atoms with Gasteiger partial charge in [0.15, 0.2) is 11.5 Å². The Balaban J connectivity index is 1.55. The monoisotopic (exact) mass is 466 g/mol. The van der Waals surface area contributed by atoms with Gasteiger partial charge in [0.25, 0.3) is 6.43 Å². The van der Waals surface area contributed by atoms with Crippen LogP contribution in [0.25, 0.3) is 27.8 Å². The number of nitrogens with one attached hydrogen (secondary N) is 1. The third kappa shape index (κ3) is 4.14. The zero-order chi connectivity index (χ0) is 22.9. The highest BCUT2D eigenvalue weighted by atomic mass is 35.5. The number of pyridine rings is 3. The Bertz CT molecular complexity index is 1460. The van der Waals surface area contributed by atoms with Crippen molar-refractivity contribution in [3.63, 3.8) is 0 Å². The van der Waals surface area contributed by atoms with Gasteiger partial charge < -0.3 is 10.1 Å². The molecule has 0 spiro atoms. The summed E-state index contributed by atoms with van der Waals surface area (Å²) in [6, 6.07) is 12.7. The molecule has 1 N–H and O–H groups in total. The van der Waals surface area contributed by atoms with Crippen LogP contribution in [0.1, 0.15) is 17.7 Å². The van der Waals surface area contributed by atoms with Gasteiger partial charge in [-0.15, -0.1) is 5.10 Å². The lowest BCUT2D eigenvalue weighted by atomic mass is 10.1. The minimum atomic E-state index is -2.74. The first kappa shape index (κ1) is 21.0. The molecule has 0 aliphatic heterocycles. The molecule has 0 unspecified atom stereocenters. The standard InChI is InChI=1S/C23H17ClF2N6O/c1-33-15-5-2-13(3-6-15)9-27-19-8-16-17(10-28-19)21(22(25)26)29-11-18(16)23-30-20-7-4-14(24)12-32(20)31-23/h2-8,10-12,22H,9H2,1H3,(H,27,28). The Morgan fingerprint density at radius 2 is 1.88 bits per heavy atom. The average Bonchev–Trinajstić information content (AvgIpc) is 3.25. The lowest BCUT2D eigenvalue weighted by Gasteiger charge is -2.11. The average molecular weight is 467 g/mol. The SMILES string of the molecule is COc1ccc(CNc2cc3c(-c4nc5ccc(Cl)cn5n4)cnc(C(F)F)c3cn2)cc1. The number of aromatic nitrogens is 5. The smallest absolute Gasteiger partial charge is 0.281 e. The number of alkyl halides is 2. The molecular weight excluding hydrogens is 450 g/mol. The topological polar surface area (TPSA) is 77.2 Å². The van der Waals surface area contributed by atoms with Crippen LogP contribution in [-0.2, 0) is 6.54 Å². The largest absolute Gasteiger partial charge is 0.497 e. The molecule has 0 aliphatic rings. The third-order valence-corrected chi connectivity index (χ3v) is 5.40. The fraction of sp³-hybridized carbons (Fsp3) is 0.130. The number of rotatable bonds is 6. The molecule has 7 nitrogen and oxygen atoms in total. The van der Waals surface area contributed by atoms with Gasteiger partial charge in [-0.2, -0.15) is 0 Å². The van der Waals surface area contributed by atoms with Crippen LogP contribution in [0.2, 0.25) is 5.02 Å². The highest BCUT2D eigenvalue weighted by Crippen LogP contribution is 2.33. The van der Waals surface area contributed by atoms with E-state index >= 15 is 0 Å². The molecule has 5 rings (SSSR count). The molecule has 0 amide bonds. The maximum Gasteiger partial charge on any atom is 0.281 e. The number of ether oxygens (including phenoxy) is 1. The van der Waals surface area contributed by atoms with E-state index in [-0.39, 0.29) is 11.1 Å². The summed E-state index contributed by atoms with van der Waals surface area (Å²) in [4.78, 5) is 12.8. The predicted octanol–water partition coefficient (Wildman–Crippen LogP) is 5.55. The lowest BCUT2D eigenvalue weighted by Crippen LogP contribution is -2.03. The van der Waals surface area contributed by atoms with Crippen LogP contribution in [0, 0.1) is 0 Å². The highest BCUT2D eigenvalue weighted by molar-refractivity contribution is 6.30. The van der Waals surface area contributed by atoms with Crippen molar-refractivity contribution in [1.29, 1.82) is 0 Å². The number of hydrogen-bond acceptors (Lipinski definition) is 6. The second-order valence-corrected chi connectivity index (χ2v) is 7.70. The Morgan fingerprint density at radius 1 is 1.06 bits per heavy atom. The second-order valence-electron chi connectivity index (χ2n) is 7.26. The second kappa shape index (κ2) is 8.59. The van der Waals surface area contributed by atoms with Crippen LogP contribution < -0.4 is 10.1 Å². The summed E-state index contributed by atoms with van der Waals surface area (Å²) >= 11 is 6.04. The van der Waals surface area contributed by atoms with Crippen LogP contribution >= 0.6 is 11.6 Å². The predicted molar refractivity (Wildman–Crippen MR) is 122 cm³/mol. The molecule has 0 atom stereocenters. The van der Waals surface area contributed by atoms with Gasteiger partial charge in [-0.3, -0.25) is 4.98 Å². The summed E-state index contributed by atoms with van der Waals surface area (Å²) in [5, 5.41) is 8.95. The lowest BCUT2D eigenvalue weighted by molar-refractivity contribution is 0.148. The number of hydrogen-bond donors (Lipinski definition) is 1. The molecule has 0 aliphatic carbocycles. The summed E-state index contributed by atoms with van der Waals surface area (Å²) in [6.07, 6.45) is 1.65. The Labute approximate surface area is 192 Å². The number of fused-ring (bicyclic) bond motifs is 2. The van der Waals surface area contributed by atoms with Gasteiger partial charge in [-0.1, -0.05) is 23.7 Å². The van der Waals surface area contributed by atoms with Crippen LogP contribution in [-0.4, -0.2) is 31.7 Å². The van der Waals surface area contributed by atoms with Gasteiger partial charge >= 0.3 is 0 Å². The van der Waals surface area contributed by atoms with Crippen molar-refractivity contribution < 1.29 is 13.5 Å². The molecule has 0 saturated heterocycles. The fourth-order valence-electron chi connectivity index (χ4n) is 3.51. The molecule has 4 aromatic heterocycles. The highest BCUT2D eigenvalue weighted by Gasteiger charge is 2.19. The van der Waals surface area contributed by atoms with E-state index in [1.54, 1.807) is 31.5 Å². The molecule has 1 aromatic carbocycles. The van der Waals surface area contributed by atoms with Gasteiger partial charge in [-0.25, -0.2) is 23.3 Å². The molecule has 4 heterocycles. The van der Waals surface area contributed by atoms with E-state index < -0.39 is 6.43 Å². The third-order valence-electron chi connectivity index (χ3n) is 5.18. The van der Waals surface area contributed by atoms with Gasteiger partial charge in [0, 0.05) is 41.5 Å². The first-order valence-corrected chi connectivity index (χ1v) is 10.4. The Hall–Kier alpha value is -3.85. The molecule has 0 bridgehead atoms. The van der Waals surface area contributed by atoms with E-state index in [4.69, 9.17) is 16.3 Å². The van der Waals surface area contributed by atoms with Crippen molar-refractivity contribution in [1.82, 2.24) is 24.6 Å². The van der Waals surface area contributed by atoms with Gasteiger partial charge in [0.2, 0.25) is 0 Å². The minimum Gasteiger partial charge on any atom is -0.497 e. The van der Waals surface area contributed by atoms with E-state index in [9.17, 15) is 8.78 Å². The summed E-state index contributed by atoms with van der Waals surface area (Å²) in [5.41, 5.74) is 1.77. The van der Waals surface area contributed by atoms with Crippen LogP contribution in [0.4, 0.5) is 14.6 Å². The van der Waals surface area contributed by atoms with Gasteiger partial charge in [0.05, 0.1) is 12.1 Å². The molecule has 5 aromatic rings. The van der Waals surface area contributed by atoms with E-state index in [1.165, 1.54) is 16.9 Å². The molecule has 0 fully saturated rings. The molecule has 10 heteroatoms. The number of benzene rings is 1. The maximum atomic E-state index is 13.6. The summed E-state index contributed by atoms with van der Waals surface area (Å²) in [6.45, 7) is 0.496. The van der Waals surface area contributed by atoms with Crippen LogP contribution in [0.15, 0.2) is 61.1 Å². The van der Waals surface area contributed by atoms with Crippen LogP contribution in [0.3, 0.4) is 0 Å². The maximum absolute atomic E-state index is 13.6. The van der Waals surface area contributed by atoms with E-state index in [2.05, 4.69) is 25.4 Å². The van der Waals surface area contributed by atoms with Crippen LogP contribution in [0.5, 0.6) is 5.75 Å². The summed E-state index contributed by atoms with van der Waals surface area (Å²) < 4.78 is 33.9. The van der Waals surface area contributed by atoms with Crippen molar-refractivity contribution in [2.75, 3.05) is 12.4 Å². The normalized spacial score (nSPS) is 11.4. The molecule has 166 valence electrons. The summed E-state index contributed by atoms with van der Waals surface area (Å²) in [5.74, 6) is 1.64. The summed E-state index contributed by atoms with van der Waals surface area (Å²) in [7, 11) is 1.61. The quantitative estimate of drug-likeness (QED) is 0.353. The van der Waals surface area contributed by atoms with Crippen molar-refractivity contribution in [2.45, 2.75) is 13.0 Å². The van der Waals surface area contributed by atoms with Gasteiger partial charge in [0.1, 0.15) is 17.3 Å². The van der Waals surface area contributed by atoms with Crippen molar-refractivity contribution in [3.8, 4) is 17.1 Å². The molecular formula is C23H17ClF2N6O. The number of halogens is 3.